The first-order valence-corrected chi connectivity index (χ1v) is 7.46. The summed E-state index contributed by atoms with van der Waals surface area (Å²) in [5.74, 6) is 0.272. The molecule has 0 spiro atoms. The van der Waals surface area contributed by atoms with Crippen molar-refractivity contribution >= 4 is 15.9 Å². The van der Waals surface area contributed by atoms with Crippen molar-refractivity contribution in [1.82, 2.24) is 15.3 Å². The summed E-state index contributed by atoms with van der Waals surface area (Å²) in [4.78, 5) is 8.26. The molecule has 112 valence electrons. The number of ether oxygens (including phenoxy) is 1. The molecule has 0 radical (unpaired) electrons. The normalized spacial score (nSPS) is 12.2. The number of nitrogens with one attached hydrogen (secondary N) is 1. The van der Waals surface area contributed by atoms with Gasteiger partial charge in [-0.3, -0.25) is 0 Å². The standard InChI is InChI=1S/C15H17BrFN3O/c1-3-18-14(10-4-5-13(17)12(16)6-10)7-11-8-15(21-2)20-9-19-11/h4-6,8-9,14,18H,3,7H2,1-2H3. The molecule has 4 nitrogen and oxygen atoms in total. The second kappa shape index (κ2) is 7.47. The van der Waals surface area contributed by atoms with Gasteiger partial charge < -0.3 is 10.1 Å². The Labute approximate surface area is 131 Å². The molecule has 21 heavy (non-hydrogen) atoms. The summed E-state index contributed by atoms with van der Waals surface area (Å²) in [5.41, 5.74) is 1.87. The third kappa shape index (κ3) is 4.22. The van der Waals surface area contributed by atoms with E-state index in [1.807, 2.05) is 13.0 Å². The van der Waals surface area contributed by atoms with Crippen LogP contribution in [0, 0.1) is 5.82 Å². The Balaban J connectivity index is 2.23. The molecule has 1 heterocycles. The maximum Gasteiger partial charge on any atom is 0.216 e. The van der Waals surface area contributed by atoms with Crippen molar-refractivity contribution in [2.45, 2.75) is 19.4 Å². The van der Waals surface area contributed by atoms with E-state index in [4.69, 9.17) is 4.74 Å². The summed E-state index contributed by atoms with van der Waals surface area (Å²) in [6, 6.07) is 6.90. The molecule has 1 aromatic heterocycles. The van der Waals surface area contributed by atoms with E-state index in [1.165, 1.54) is 12.4 Å². The van der Waals surface area contributed by atoms with E-state index in [9.17, 15) is 4.39 Å². The highest BCUT2D eigenvalue weighted by Crippen LogP contribution is 2.24. The van der Waals surface area contributed by atoms with Crippen molar-refractivity contribution in [3.8, 4) is 5.88 Å². The van der Waals surface area contributed by atoms with Gasteiger partial charge >= 0.3 is 0 Å². The summed E-state index contributed by atoms with van der Waals surface area (Å²) in [6.45, 7) is 2.84. The van der Waals surface area contributed by atoms with Crippen LogP contribution in [0.25, 0.3) is 0 Å². The van der Waals surface area contributed by atoms with Gasteiger partial charge in [-0.15, -0.1) is 0 Å². The number of nitrogens with zero attached hydrogens (tertiary/aromatic N) is 2. The van der Waals surface area contributed by atoms with Gasteiger partial charge in [0.25, 0.3) is 0 Å². The van der Waals surface area contributed by atoms with E-state index >= 15 is 0 Å². The Hall–Kier alpha value is -1.53. The minimum absolute atomic E-state index is 0.0477. The molecule has 0 aliphatic rings. The molecule has 0 bridgehead atoms. The highest BCUT2D eigenvalue weighted by atomic mass is 79.9. The lowest BCUT2D eigenvalue weighted by Gasteiger charge is -2.18. The fourth-order valence-corrected chi connectivity index (χ4v) is 2.49. The molecule has 1 atom stereocenters. The van der Waals surface area contributed by atoms with E-state index in [-0.39, 0.29) is 11.9 Å². The first-order valence-electron chi connectivity index (χ1n) is 6.67. The van der Waals surface area contributed by atoms with E-state index in [0.29, 0.717) is 16.8 Å². The lowest BCUT2D eigenvalue weighted by molar-refractivity contribution is 0.395. The van der Waals surface area contributed by atoms with Crippen molar-refractivity contribution in [1.29, 1.82) is 0 Å². The summed E-state index contributed by atoms with van der Waals surface area (Å²) < 4.78 is 18.9. The second-order valence-corrected chi connectivity index (χ2v) is 5.39. The predicted octanol–water partition coefficient (Wildman–Crippen LogP) is 3.28. The number of likely N-dealkylation sites (N-methyl/N-ethyl adjacent to an activating group) is 1. The Morgan fingerprint density at radius 1 is 1.33 bits per heavy atom. The van der Waals surface area contributed by atoms with Crippen molar-refractivity contribution in [3.63, 3.8) is 0 Å². The number of rotatable bonds is 6. The van der Waals surface area contributed by atoms with Gasteiger partial charge in [0.15, 0.2) is 0 Å². The Morgan fingerprint density at radius 2 is 2.14 bits per heavy atom. The van der Waals surface area contributed by atoms with Gasteiger partial charge in [-0.25, -0.2) is 14.4 Å². The second-order valence-electron chi connectivity index (χ2n) is 4.54. The molecule has 2 rings (SSSR count). The van der Waals surface area contributed by atoms with E-state index in [0.717, 1.165) is 17.8 Å². The molecule has 0 saturated heterocycles. The highest BCUT2D eigenvalue weighted by Gasteiger charge is 2.14. The van der Waals surface area contributed by atoms with Crippen LogP contribution in [-0.2, 0) is 6.42 Å². The molecule has 0 saturated carbocycles. The number of methoxy groups -OCH3 is 1. The van der Waals surface area contributed by atoms with Crippen LogP contribution < -0.4 is 10.1 Å². The maximum atomic E-state index is 13.4. The van der Waals surface area contributed by atoms with Gasteiger partial charge in [-0.2, -0.15) is 0 Å². The van der Waals surface area contributed by atoms with Crippen LogP contribution in [0.5, 0.6) is 5.88 Å². The van der Waals surface area contributed by atoms with E-state index < -0.39 is 0 Å². The van der Waals surface area contributed by atoms with Crippen molar-refractivity contribution in [3.05, 3.63) is 52.1 Å². The number of aromatic nitrogens is 2. The van der Waals surface area contributed by atoms with E-state index in [1.54, 1.807) is 19.2 Å². The average molecular weight is 354 g/mol. The van der Waals surface area contributed by atoms with Gasteiger partial charge in [0, 0.05) is 24.2 Å². The monoisotopic (exact) mass is 353 g/mol. The van der Waals surface area contributed by atoms with Gasteiger partial charge in [-0.1, -0.05) is 13.0 Å². The minimum Gasteiger partial charge on any atom is -0.481 e. The molecule has 0 aliphatic heterocycles. The van der Waals surface area contributed by atoms with Crippen LogP contribution in [0.4, 0.5) is 4.39 Å². The number of halogens is 2. The SMILES string of the molecule is CCNC(Cc1cc(OC)ncn1)c1ccc(F)c(Br)c1. The van der Waals surface area contributed by atoms with Gasteiger partial charge in [-0.05, 0) is 40.2 Å². The minimum atomic E-state index is -0.266. The topological polar surface area (TPSA) is 47.0 Å². The molecular weight excluding hydrogens is 337 g/mol. The van der Waals surface area contributed by atoms with E-state index in [2.05, 4.69) is 31.2 Å². The zero-order valence-corrected chi connectivity index (χ0v) is 13.5. The summed E-state index contributed by atoms with van der Waals surface area (Å²) >= 11 is 3.23. The number of hydrogen-bond acceptors (Lipinski definition) is 4. The first-order chi connectivity index (χ1) is 10.1. The molecule has 6 heteroatoms. The zero-order valence-electron chi connectivity index (χ0n) is 11.9. The van der Waals surface area contributed by atoms with Crippen molar-refractivity contribution in [2.75, 3.05) is 13.7 Å². The fraction of sp³-hybridized carbons (Fsp3) is 0.333. The Morgan fingerprint density at radius 3 is 2.81 bits per heavy atom. The van der Waals surface area contributed by atoms with Gasteiger partial charge in [0.2, 0.25) is 5.88 Å². The van der Waals surface area contributed by atoms with Crippen LogP contribution in [0.2, 0.25) is 0 Å². The molecule has 1 unspecified atom stereocenters. The maximum absolute atomic E-state index is 13.4. The summed E-state index contributed by atoms with van der Waals surface area (Å²) in [5, 5.41) is 3.39. The third-order valence-corrected chi connectivity index (χ3v) is 3.73. The largest absolute Gasteiger partial charge is 0.481 e. The Bertz CT molecular complexity index is 609. The van der Waals surface area contributed by atoms with Crippen LogP contribution in [0.3, 0.4) is 0 Å². The van der Waals surface area contributed by atoms with Crippen LogP contribution in [-0.4, -0.2) is 23.6 Å². The fourth-order valence-electron chi connectivity index (χ4n) is 2.09. The lowest BCUT2D eigenvalue weighted by atomic mass is 10.0. The zero-order chi connectivity index (χ0) is 15.2. The van der Waals surface area contributed by atoms with Gasteiger partial charge in [0.05, 0.1) is 11.6 Å². The number of hydrogen-bond donors (Lipinski definition) is 1. The quantitative estimate of drug-likeness (QED) is 0.865. The van der Waals surface area contributed by atoms with Gasteiger partial charge in [0.1, 0.15) is 12.1 Å². The van der Waals surface area contributed by atoms with Crippen molar-refractivity contribution < 1.29 is 9.13 Å². The van der Waals surface area contributed by atoms with Crippen LogP contribution in [0.15, 0.2) is 35.1 Å². The summed E-state index contributed by atoms with van der Waals surface area (Å²) in [7, 11) is 1.57. The number of benzene rings is 1. The molecular formula is C15H17BrFN3O. The molecule has 0 fully saturated rings. The molecule has 1 aromatic carbocycles. The van der Waals surface area contributed by atoms with Crippen molar-refractivity contribution in [2.24, 2.45) is 0 Å². The predicted molar refractivity (Wildman–Crippen MR) is 82.8 cm³/mol. The third-order valence-electron chi connectivity index (χ3n) is 3.12. The van der Waals surface area contributed by atoms with Crippen LogP contribution >= 0.6 is 15.9 Å². The average Bonchev–Trinajstić information content (AvgIpc) is 2.50. The Kier molecular flexibility index (Phi) is 5.64. The molecule has 1 N–H and O–H groups in total. The molecule has 0 aliphatic carbocycles. The lowest BCUT2D eigenvalue weighted by Crippen LogP contribution is -2.23. The van der Waals surface area contributed by atoms with Crippen LogP contribution in [0.1, 0.15) is 24.2 Å². The molecule has 0 amide bonds. The molecule has 2 aromatic rings. The smallest absolute Gasteiger partial charge is 0.216 e. The first kappa shape index (κ1) is 15.9. The highest BCUT2D eigenvalue weighted by molar-refractivity contribution is 9.10. The summed E-state index contributed by atoms with van der Waals surface area (Å²) in [6.07, 6.45) is 2.16.